The minimum Gasteiger partial charge on any atom is -0.458 e. The Balaban J connectivity index is 2.61. The number of ether oxygens (including phenoxy) is 1. The van der Waals surface area contributed by atoms with E-state index < -0.39 is 0 Å². The van der Waals surface area contributed by atoms with Gasteiger partial charge in [-0.3, -0.25) is 0 Å². The van der Waals surface area contributed by atoms with Crippen molar-refractivity contribution in [2.75, 3.05) is 7.11 Å². The van der Waals surface area contributed by atoms with E-state index in [9.17, 15) is 0 Å². The van der Waals surface area contributed by atoms with Gasteiger partial charge >= 0.3 is 0 Å². The van der Waals surface area contributed by atoms with Crippen molar-refractivity contribution in [3.8, 4) is 0 Å². The van der Waals surface area contributed by atoms with E-state index in [0.717, 1.165) is 11.3 Å². The summed E-state index contributed by atoms with van der Waals surface area (Å²) in [5.41, 5.74) is 3.68. The maximum absolute atomic E-state index is 5.91. The molecular weight excluding hydrogens is 224 g/mol. The Bertz CT molecular complexity index is 535. The summed E-state index contributed by atoms with van der Waals surface area (Å²) in [4.78, 5) is 0. The summed E-state index contributed by atoms with van der Waals surface area (Å²) in [6.07, 6.45) is 0. The Morgan fingerprint density at radius 2 is 1.78 bits per heavy atom. The van der Waals surface area contributed by atoms with E-state index in [0.29, 0.717) is 18.4 Å². The first kappa shape index (κ1) is 13.2. The number of rotatable bonds is 4. The van der Waals surface area contributed by atoms with Crippen LogP contribution in [0.15, 0.2) is 22.6 Å². The minimum atomic E-state index is 0.466. The van der Waals surface area contributed by atoms with E-state index in [2.05, 4.69) is 45.9 Å². The highest BCUT2D eigenvalue weighted by molar-refractivity contribution is 5.82. The van der Waals surface area contributed by atoms with Crippen LogP contribution in [0.2, 0.25) is 0 Å². The molecule has 0 saturated heterocycles. The Morgan fingerprint density at radius 1 is 1.06 bits per heavy atom. The molecule has 18 heavy (non-hydrogen) atoms. The normalized spacial score (nSPS) is 11.9. The highest BCUT2D eigenvalue weighted by Gasteiger charge is 2.14. The first-order valence-electron chi connectivity index (χ1n) is 6.58. The van der Waals surface area contributed by atoms with E-state index in [4.69, 9.17) is 9.15 Å². The van der Waals surface area contributed by atoms with Crippen LogP contribution in [0.1, 0.15) is 56.4 Å². The molecule has 2 nitrogen and oxygen atoms in total. The second-order valence-corrected chi connectivity index (χ2v) is 5.48. The van der Waals surface area contributed by atoms with Gasteiger partial charge in [-0.2, -0.15) is 0 Å². The SMILES string of the molecule is COCc1cc2cc(C(C)C)cc(C(C)C)c2o1. The van der Waals surface area contributed by atoms with Crippen molar-refractivity contribution in [1.82, 2.24) is 0 Å². The van der Waals surface area contributed by atoms with Crippen molar-refractivity contribution >= 4 is 11.0 Å². The molecule has 1 heterocycles. The van der Waals surface area contributed by atoms with Gasteiger partial charge in [-0.1, -0.05) is 33.8 Å². The molecule has 0 aliphatic rings. The van der Waals surface area contributed by atoms with Crippen molar-refractivity contribution in [3.63, 3.8) is 0 Å². The molecule has 0 saturated carbocycles. The summed E-state index contributed by atoms with van der Waals surface area (Å²) in [6, 6.07) is 6.60. The lowest BCUT2D eigenvalue weighted by molar-refractivity contribution is 0.166. The van der Waals surface area contributed by atoms with Crippen LogP contribution in [-0.2, 0) is 11.3 Å². The zero-order chi connectivity index (χ0) is 13.3. The monoisotopic (exact) mass is 246 g/mol. The molecule has 2 rings (SSSR count). The van der Waals surface area contributed by atoms with Crippen LogP contribution in [0, 0.1) is 0 Å². The maximum Gasteiger partial charge on any atom is 0.137 e. The van der Waals surface area contributed by atoms with Gasteiger partial charge < -0.3 is 9.15 Å². The fourth-order valence-corrected chi connectivity index (χ4v) is 2.23. The van der Waals surface area contributed by atoms with Crippen molar-refractivity contribution in [2.45, 2.75) is 46.1 Å². The van der Waals surface area contributed by atoms with Crippen molar-refractivity contribution < 1.29 is 9.15 Å². The Kier molecular flexibility index (Phi) is 3.76. The average Bonchev–Trinajstić information content (AvgIpc) is 2.69. The quantitative estimate of drug-likeness (QED) is 0.771. The molecule has 0 fully saturated rings. The topological polar surface area (TPSA) is 22.4 Å². The first-order chi connectivity index (χ1) is 8.52. The lowest BCUT2D eigenvalue weighted by Gasteiger charge is -2.11. The predicted molar refractivity (Wildman–Crippen MR) is 75.1 cm³/mol. The molecule has 0 spiro atoms. The summed E-state index contributed by atoms with van der Waals surface area (Å²) in [6.45, 7) is 9.39. The van der Waals surface area contributed by atoms with Gasteiger partial charge in [0.05, 0.1) is 0 Å². The molecule has 98 valence electrons. The van der Waals surface area contributed by atoms with Gasteiger partial charge in [0.1, 0.15) is 18.0 Å². The molecule has 0 atom stereocenters. The standard InChI is InChI=1S/C16H22O2/c1-10(2)12-6-13-7-14(9-17-5)18-16(13)15(8-12)11(3)4/h6-8,10-11H,9H2,1-5H3. The molecule has 2 heteroatoms. The molecular formula is C16H22O2. The van der Waals surface area contributed by atoms with Crippen LogP contribution in [0.3, 0.4) is 0 Å². The molecule has 1 aromatic carbocycles. The number of benzene rings is 1. The molecule has 0 amide bonds. The van der Waals surface area contributed by atoms with Gasteiger partial charge in [-0.05, 0) is 35.1 Å². The van der Waals surface area contributed by atoms with Gasteiger partial charge in [0, 0.05) is 12.5 Å². The average molecular weight is 246 g/mol. The van der Waals surface area contributed by atoms with Gasteiger partial charge in [-0.25, -0.2) is 0 Å². The molecule has 2 aromatic rings. The minimum absolute atomic E-state index is 0.466. The molecule has 0 aliphatic carbocycles. The molecule has 0 bridgehead atoms. The maximum atomic E-state index is 5.91. The van der Waals surface area contributed by atoms with Crippen molar-refractivity contribution in [1.29, 1.82) is 0 Å². The largest absolute Gasteiger partial charge is 0.458 e. The van der Waals surface area contributed by atoms with E-state index in [1.54, 1.807) is 7.11 Å². The summed E-state index contributed by atoms with van der Waals surface area (Å²) >= 11 is 0. The summed E-state index contributed by atoms with van der Waals surface area (Å²) in [5.74, 6) is 1.90. The lowest BCUT2D eigenvalue weighted by atomic mass is 9.94. The van der Waals surface area contributed by atoms with Crippen molar-refractivity contribution in [2.24, 2.45) is 0 Å². The Labute approximate surface area is 109 Å². The number of hydrogen-bond acceptors (Lipinski definition) is 2. The van der Waals surface area contributed by atoms with Gasteiger partial charge in [0.15, 0.2) is 0 Å². The third kappa shape index (κ3) is 2.44. The van der Waals surface area contributed by atoms with Crippen LogP contribution < -0.4 is 0 Å². The number of furan rings is 1. The van der Waals surface area contributed by atoms with E-state index in [-0.39, 0.29) is 0 Å². The zero-order valence-corrected chi connectivity index (χ0v) is 11.9. The van der Waals surface area contributed by atoms with Crippen LogP contribution >= 0.6 is 0 Å². The molecule has 0 unspecified atom stereocenters. The number of fused-ring (bicyclic) bond motifs is 1. The van der Waals surface area contributed by atoms with Crippen LogP contribution in [0.5, 0.6) is 0 Å². The molecule has 0 radical (unpaired) electrons. The predicted octanol–water partition coefficient (Wildman–Crippen LogP) is 4.83. The molecule has 1 aromatic heterocycles. The van der Waals surface area contributed by atoms with Crippen molar-refractivity contribution in [3.05, 3.63) is 35.1 Å². The van der Waals surface area contributed by atoms with E-state index in [1.165, 1.54) is 16.5 Å². The Hall–Kier alpha value is -1.28. The third-order valence-corrected chi connectivity index (χ3v) is 3.29. The zero-order valence-electron chi connectivity index (χ0n) is 11.9. The van der Waals surface area contributed by atoms with Crippen LogP contribution in [0.4, 0.5) is 0 Å². The fraction of sp³-hybridized carbons (Fsp3) is 0.500. The van der Waals surface area contributed by atoms with E-state index in [1.807, 2.05) is 0 Å². The Morgan fingerprint density at radius 3 is 2.33 bits per heavy atom. The smallest absolute Gasteiger partial charge is 0.137 e. The summed E-state index contributed by atoms with van der Waals surface area (Å²) < 4.78 is 11.1. The third-order valence-electron chi connectivity index (χ3n) is 3.29. The lowest BCUT2D eigenvalue weighted by Crippen LogP contribution is -1.93. The molecule has 0 aliphatic heterocycles. The number of methoxy groups -OCH3 is 1. The molecule has 0 N–H and O–H groups in total. The first-order valence-corrected chi connectivity index (χ1v) is 6.58. The van der Waals surface area contributed by atoms with Gasteiger partial charge in [-0.15, -0.1) is 0 Å². The second-order valence-electron chi connectivity index (χ2n) is 5.48. The van der Waals surface area contributed by atoms with Crippen LogP contribution in [0.25, 0.3) is 11.0 Å². The van der Waals surface area contributed by atoms with Crippen LogP contribution in [-0.4, -0.2) is 7.11 Å². The van der Waals surface area contributed by atoms with Gasteiger partial charge in [0.25, 0.3) is 0 Å². The fourth-order valence-electron chi connectivity index (χ4n) is 2.23. The van der Waals surface area contributed by atoms with Gasteiger partial charge in [0.2, 0.25) is 0 Å². The number of hydrogen-bond donors (Lipinski definition) is 0. The highest BCUT2D eigenvalue weighted by atomic mass is 16.5. The summed E-state index contributed by atoms with van der Waals surface area (Å²) in [7, 11) is 1.69. The second kappa shape index (κ2) is 5.15. The summed E-state index contributed by atoms with van der Waals surface area (Å²) in [5, 5.41) is 1.19. The van der Waals surface area contributed by atoms with E-state index >= 15 is 0 Å². The highest BCUT2D eigenvalue weighted by Crippen LogP contribution is 2.32.